The van der Waals surface area contributed by atoms with E-state index in [9.17, 15) is 4.79 Å². The Labute approximate surface area is 171 Å². The van der Waals surface area contributed by atoms with Crippen LogP contribution in [0.25, 0.3) is 6.08 Å². The molecule has 2 aromatic carbocycles. The highest BCUT2D eigenvalue weighted by atomic mass is 16.7. The van der Waals surface area contributed by atoms with Gasteiger partial charge in [0.1, 0.15) is 17.3 Å². The Bertz CT molecular complexity index is 949. The highest BCUT2D eigenvalue weighted by Crippen LogP contribution is 2.24. The summed E-state index contributed by atoms with van der Waals surface area (Å²) < 4.78 is 16.4. The van der Waals surface area contributed by atoms with Gasteiger partial charge in [0, 0.05) is 0 Å². The van der Waals surface area contributed by atoms with Gasteiger partial charge in [0.15, 0.2) is 0 Å². The van der Waals surface area contributed by atoms with Crippen LogP contribution >= 0.6 is 0 Å². The van der Waals surface area contributed by atoms with E-state index in [1.807, 2.05) is 19.1 Å². The predicted octanol–water partition coefficient (Wildman–Crippen LogP) is 6.02. The van der Waals surface area contributed by atoms with Gasteiger partial charge in [-0.3, -0.25) is 0 Å². The standard InChI is InChI=1S/C25H24O4/c1-6-18(3)8-9-20(5)27-17-28-24-15-14-23(16-19(24)4)29-25(26)22-12-10-21(7-2)11-13-22/h6-16H,1-3,5,17H2,4H3/b9-8-. The molecule has 0 heterocycles. The summed E-state index contributed by atoms with van der Waals surface area (Å²) in [5, 5.41) is 0. The molecule has 0 saturated carbocycles. The van der Waals surface area contributed by atoms with Gasteiger partial charge in [-0.25, -0.2) is 4.79 Å². The topological polar surface area (TPSA) is 44.8 Å². The number of hydrogen-bond donors (Lipinski definition) is 0. The summed E-state index contributed by atoms with van der Waals surface area (Å²) in [4.78, 5) is 12.3. The number of benzene rings is 2. The molecule has 0 spiro atoms. The fourth-order valence-corrected chi connectivity index (χ4v) is 2.25. The van der Waals surface area contributed by atoms with Crippen molar-refractivity contribution < 1.29 is 19.0 Å². The Balaban J connectivity index is 1.90. The zero-order valence-electron chi connectivity index (χ0n) is 16.5. The second-order valence-electron chi connectivity index (χ2n) is 6.13. The van der Waals surface area contributed by atoms with E-state index in [1.165, 1.54) is 0 Å². The van der Waals surface area contributed by atoms with E-state index in [0.717, 1.165) is 16.7 Å². The smallest absolute Gasteiger partial charge is 0.343 e. The van der Waals surface area contributed by atoms with E-state index in [0.29, 0.717) is 22.8 Å². The average Bonchev–Trinajstić information content (AvgIpc) is 2.73. The van der Waals surface area contributed by atoms with Crippen LogP contribution in [-0.4, -0.2) is 12.8 Å². The molecule has 0 N–H and O–H groups in total. The molecular weight excluding hydrogens is 364 g/mol. The van der Waals surface area contributed by atoms with Crippen LogP contribution < -0.4 is 9.47 Å². The average molecular weight is 388 g/mol. The summed E-state index contributed by atoms with van der Waals surface area (Å²) in [6.07, 6.45) is 6.78. The largest absolute Gasteiger partial charge is 0.458 e. The third-order valence-electron chi connectivity index (χ3n) is 3.94. The van der Waals surface area contributed by atoms with Gasteiger partial charge in [-0.2, -0.15) is 0 Å². The molecule has 0 saturated heterocycles. The quantitative estimate of drug-likeness (QED) is 0.164. The maximum absolute atomic E-state index is 12.3. The highest BCUT2D eigenvalue weighted by Gasteiger charge is 2.10. The van der Waals surface area contributed by atoms with Gasteiger partial charge in [0.05, 0.1) is 5.56 Å². The van der Waals surface area contributed by atoms with E-state index >= 15 is 0 Å². The number of ether oxygens (including phenoxy) is 3. The second-order valence-corrected chi connectivity index (χ2v) is 6.13. The predicted molar refractivity (Wildman–Crippen MR) is 117 cm³/mol. The fraction of sp³-hybridized carbons (Fsp3) is 0.0800. The van der Waals surface area contributed by atoms with Crippen molar-refractivity contribution in [1.82, 2.24) is 0 Å². The molecule has 148 valence electrons. The van der Waals surface area contributed by atoms with Crippen molar-refractivity contribution in [1.29, 1.82) is 0 Å². The second kappa shape index (κ2) is 10.5. The summed E-state index contributed by atoms with van der Waals surface area (Å²) in [6.45, 7) is 16.7. The first kappa shape index (κ1) is 21.5. The maximum Gasteiger partial charge on any atom is 0.343 e. The lowest BCUT2D eigenvalue weighted by atomic mass is 10.1. The summed E-state index contributed by atoms with van der Waals surface area (Å²) in [6, 6.07) is 12.1. The molecule has 0 aromatic heterocycles. The van der Waals surface area contributed by atoms with Gasteiger partial charge in [-0.05, 0) is 60.0 Å². The van der Waals surface area contributed by atoms with Gasteiger partial charge in [-0.1, -0.05) is 56.7 Å². The van der Waals surface area contributed by atoms with Gasteiger partial charge in [0.25, 0.3) is 0 Å². The first-order valence-corrected chi connectivity index (χ1v) is 8.92. The molecule has 0 unspecified atom stereocenters. The SMILES string of the molecule is C=CC(=C)/C=C\C(=C)OCOc1ccc(OC(=O)c2ccc(C=C)cc2)cc1C. The molecule has 0 atom stereocenters. The summed E-state index contributed by atoms with van der Waals surface area (Å²) >= 11 is 0. The molecule has 0 bridgehead atoms. The lowest BCUT2D eigenvalue weighted by Gasteiger charge is -2.12. The van der Waals surface area contributed by atoms with Crippen LogP contribution in [-0.2, 0) is 4.74 Å². The van der Waals surface area contributed by atoms with Crippen molar-refractivity contribution in [2.45, 2.75) is 6.92 Å². The lowest BCUT2D eigenvalue weighted by Crippen LogP contribution is -2.09. The van der Waals surface area contributed by atoms with Crippen LogP contribution in [0.15, 0.2) is 98.3 Å². The number of rotatable bonds is 10. The Hall–Kier alpha value is -3.79. The van der Waals surface area contributed by atoms with Crippen molar-refractivity contribution in [2.24, 2.45) is 0 Å². The van der Waals surface area contributed by atoms with Crippen molar-refractivity contribution in [3.8, 4) is 11.5 Å². The van der Waals surface area contributed by atoms with Crippen LogP contribution in [0.5, 0.6) is 11.5 Å². The van der Waals surface area contributed by atoms with Crippen molar-refractivity contribution in [2.75, 3.05) is 6.79 Å². The third-order valence-corrected chi connectivity index (χ3v) is 3.94. The molecule has 0 radical (unpaired) electrons. The molecule has 0 aliphatic rings. The number of carbonyl (C=O) groups is 1. The van der Waals surface area contributed by atoms with Crippen molar-refractivity contribution in [3.63, 3.8) is 0 Å². The Morgan fingerprint density at radius 1 is 1.03 bits per heavy atom. The molecule has 0 aliphatic heterocycles. The van der Waals surface area contributed by atoms with Gasteiger partial charge < -0.3 is 14.2 Å². The molecule has 4 nitrogen and oxygen atoms in total. The van der Waals surface area contributed by atoms with E-state index < -0.39 is 5.97 Å². The van der Waals surface area contributed by atoms with E-state index in [4.69, 9.17) is 14.2 Å². The molecule has 29 heavy (non-hydrogen) atoms. The minimum atomic E-state index is -0.429. The molecular formula is C25H24O4. The van der Waals surface area contributed by atoms with Crippen LogP contribution in [0, 0.1) is 6.92 Å². The Kier molecular flexibility index (Phi) is 7.80. The molecule has 0 aliphatic carbocycles. The van der Waals surface area contributed by atoms with E-state index in [2.05, 4.69) is 26.3 Å². The minimum absolute atomic E-state index is 0.000630. The number of hydrogen-bond acceptors (Lipinski definition) is 4. The molecule has 4 heteroatoms. The molecule has 2 rings (SSSR count). The molecule has 0 amide bonds. The minimum Gasteiger partial charge on any atom is -0.458 e. The third kappa shape index (κ3) is 6.70. The maximum atomic E-state index is 12.3. The van der Waals surface area contributed by atoms with Gasteiger partial charge in [0.2, 0.25) is 6.79 Å². The van der Waals surface area contributed by atoms with Crippen LogP contribution in [0.3, 0.4) is 0 Å². The van der Waals surface area contributed by atoms with Crippen molar-refractivity contribution >= 4 is 12.0 Å². The summed E-state index contributed by atoms with van der Waals surface area (Å²) in [5.41, 5.74) is 2.97. The van der Waals surface area contributed by atoms with Crippen LogP contribution in [0.1, 0.15) is 21.5 Å². The Morgan fingerprint density at radius 2 is 1.76 bits per heavy atom. The summed E-state index contributed by atoms with van der Waals surface area (Å²) in [5.74, 6) is 1.07. The van der Waals surface area contributed by atoms with Crippen molar-refractivity contribution in [3.05, 3.63) is 115 Å². The Morgan fingerprint density at radius 3 is 2.38 bits per heavy atom. The van der Waals surface area contributed by atoms with Crippen LogP contribution in [0.2, 0.25) is 0 Å². The highest BCUT2D eigenvalue weighted by molar-refractivity contribution is 5.91. The van der Waals surface area contributed by atoms with E-state index in [-0.39, 0.29) is 6.79 Å². The normalized spacial score (nSPS) is 10.2. The van der Waals surface area contributed by atoms with Crippen LogP contribution in [0.4, 0.5) is 0 Å². The fourth-order valence-electron chi connectivity index (χ4n) is 2.25. The van der Waals surface area contributed by atoms with Gasteiger partial charge >= 0.3 is 5.97 Å². The first-order chi connectivity index (χ1) is 13.9. The van der Waals surface area contributed by atoms with Gasteiger partial charge in [-0.15, -0.1) is 0 Å². The zero-order chi connectivity index (χ0) is 21.2. The lowest BCUT2D eigenvalue weighted by molar-refractivity contribution is 0.0667. The zero-order valence-corrected chi connectivity index (χ0v) is 16.5. The first-order valence-electron chi connectivity index (χ1n) is 8.92. The number of allylic oxidation sites excluding steroid dienone is 4. The van der Waals surface area contributed by atoms with E-state index in [1.54, 1.807) is 54.6 Å². The number of aryl methyl sites for hydroxylation is 1. The number of esters is 1. The summed E-state index contributed by atoms with van der Waals surface area (Å²) in [7, 11) is 0. The molecule has 2 aromatic rings. The molecule has 0 fully saturated rings. The number of carbonyl (C=O) groups excluding carboxylic acids is 1. The monoisotopic (exact) mass is 388 g/mol.